The molecule has 2 nitrogen and oxygen atoms in total. The van der Waals surface area contributed by atoms with Crippen molar-refractivity contribution in [1.29, 1.82) is 0 Å². The van der Waals surface area contributed by atoms with Crippen molar-refractivity contribution >= 4 is 8.07 Å². The first-order valence-electron chi connectivity index (χ1n) is 8.54. The van der Waals surface area contributed by atoms with Crippen molar-refractivity contribution in [3.8, 4) is 11.3 Å². The van der Waals surface area contributed by atoms with Gasteiger partial charge in [-0.25, -0.2) is 0 Å². The molecule has 0 saturated heterocycles. The summed E-state index contributed by atoms with van der Waals surface area (Å²) in [5.41, 5.74) is 6.76. The minimum atomic E-state index is -1.20. The van der Waals surface area contributed by atoms with Crippen LogP contribution in [0.1, 0.15) is 37.5 Å². The van der Waals surface area contributed by atoms with E-state index < -0.39 is 8.07 Å². The lowest BCUT2D eigenvalue weighted by molar-refractivity contribution is 0.770. The maximum atomic E-state index is 4.67. The molecule has 3 heteroatoms. The zero-order valence-electron chi connectivity index (χ0n) is 15.0. The van der Waals surface area contributed by atoms with Crippen LogP contribution in [0.4, 0.5) is 0 Å². The average molecular weight is 315 g/mol. The Hall–Kier alpha value is -1.35. The van der Waals surface area contributed by atoms with Crippen LogP contribution in [-0.4, -0.2) is 17.9 Å². The van der Waals surface area contributed by atoms with Crippen LogP contribution < -0.4 is 0 Å². The Morgan fingerprint density at radius 3 is 2.18 bits per heavy atom. The van der Waals surface area contributed by atoms with Crippen LogP contribution in [0.5, 0.6) is 0 Å². The van der Waals surface area contributed by atoms with Gasteiger partial charge in [-0.2, -0.15) is 5.10 Å². The molecule has 0 unspecified atom stereocenters. The lowest BCUT2D eigenvalue weighted by Gasteiger charge is -2.29. The zero-order valence-corrected chi connectivity index (χ0v) is 16.0. The summed E-state index contributed by atoms with van der Waals surface area (Å²) in [4.78, 5) is 0. The van der Waals surface area contributed by atoms with Crippen LogP contribution in [0.15, 0.2) is 24.4 Å². The van der Waals surface area contributed by atoms with Crippen molar-refractivity contribution in [2.45, 2.75) is 58.8 Å². The van der Waals surface area contributed by atoms with E-state index in [1.54, 1.807) is 0 Å². The highest BCUT2D eigenvalue weighted by molar-refractivity contribution is 6.79. The molecule has 0 amide bonds. The summed E-state index contributed by atoms with van der Waals surface area (Å²) in [7, 11) is 0.800. The van der Waals surface area contributed by atoms with Crippen molar-refractivity contribution in [3.05, 3.63) is 41.1 Å². The van der Waals surface area contributed by atoms with Gasteiger partial charge in [0.05, 0.1) is 13.8 Å². The smallest absolute Gasteiger partial charge is 0.0928 e. The van der Waals surface area contributed by atoms with E-state index in [9.17, 15) is 0 Å². The Labute approximate surface area is 136 Å². The van der Waals surface area contributed by atoms with Gasteiger partial charge in [0.15, 0.2) is 0 Å². The number of aromatic nitrogens is 2. The highest BCUT2D eigenvalue weighted by Gasteiger charge is 2.28. The Morgan fingerprint density at radius 2 is 1.68 bits per heavy atom. The molecule has 0 N–H and O–H groups in total. The normalized spacial score (nSPS) is 11.9. The predicted octanol–water partition coefficient (Wildman–Crippen LogP) is 5.29. The quantitative estimate of drug-likeness (QED) is 0.662. The second-order valence-corrected chi connectivity index (χ2v) is 12.2. The molecule has 0 saturated carbocycles. The molecule has 2 aromatic rings. The molecule has 0 fully saturated rings. The standard InChI is InChI=1S/C19H30N2Si/c1-7-22(8-2,9-3)14-17-13-15(4)12-16(5)19(17)18-10-11-21(6)20-18/h10-13H,7-9,14H2,1-6H3. The minimum Gasteiger partial charge on any atom is -0.275 e. The summed E-state index contributed by atoms with van der Waals surface area (Å²) in [6.45, 7) is 11.6. The SMILES string of the molecule is CC[Si](CC)(CC)Cc1cc(C)cc(C)c1-c1ccn(C)n1. The van der Waals surface area contributed by atoms with Crippen LogP contribution in [0.3, 0.4) is 0 Å². The summed E-state index contributed by atoms with van der Waals surface area (Å²) in [6, 6.07) is 12.2. The monoisotopic (exact) mass is 314 g/mol. The van der Waals surface area contributed by atoms with E-state index in [-0.39, 0.29) is 0 Å². The number of rotatable bonds is 6. The molecule has 1 aromatic carbocycles. The first kappa shape index (κ1) is 17.0. The Bertz CT molecular complexity index is 631. The van der Waals surface area contributed by atoms with Gasteiger partial charge in [-0.05, 0) is 37.1 Å². The van der Waals surface area contributed by atoms with Gasteiger partial charge in [0.25, 0.3) is 0 Å². The minimum absolute atomic E-state index is 1.13. The number of hydrogen-bond acceptors (Lipinski definition) is 1. The molecule has 1 heterocycles. The molecule has 120 valence electrons. The molecular formula is C19H30N2Si. The van der Waals surface area contributed by atoms with Crippen LogP contribution in [-0.2, 0) is 13.1 Å². The molecule has 22 heavy (non-hydrogen) atoms. The van der Waals surface area contributed by atoms with Gasteiger partial charge in [0, 0.05) is 18.8 Å². The third-order valence-corrected chi connectivity index (χ3v) is 11.0. The highest BCUT2D eigenvalue weighted by Crippen LogP contribution is 2.33. The van der Waals surface area contributed by atoms with Crippen LogP contribution in [0.2, 0.25) is 18.1 Å². The molecule has 0 atom stereocenters. The number of nitrogens with zero attached hydrogens (tertiary/aromatic N) is 2. The van der Waals surface area contributed by atoms with Crippen molar-refractivity contribution in [1.82, 2.24) is 9.78 Å². The highest BCUT2D eigenvalue weighted by atomic mass is 28.3. The summed E-state index contributed by atoms with van der Waals surface area (Å²) in [5, 5.41) is 4.67. The van der Waals surface area contributed by atoms with Crippen molar-refractivity contribution in [3.63, 3.8) is 0 Å². The number of aryl methyl sites for hydroxylation is 3. The zero-order chi connectivity index (χ0) is 16.3. The van der Waals surface area contributed by atoms with E-state index in [0.717, 1.165) is 5.69 Å². The third-order valence-electron chi connectivity index (χ3n) is 5.35. The molecule has 1 aromatic heterocycles. The number of benzene rings is 1. The van der Waals surface area contributed by atoms with Gasteiger partial charge in [-0.1, -0.05) is 56.6 Å². The summed E-state index contributed by atoms with van der Waals surface area (Å²) in [6.07, 6.45) is 2.04. The molecular weight excluding hydrogens is 284 g/mol. The Morgan fingerprint density at radius 1 is 1.05 bits per heavy atom. The predicted molar refractivity (Wildman–Crippen MR) is 99.0 cm³/mol. The first-order chi connectivity index (χ1) is 10.4. The topological polar surface area (TPSA) is 17.8 Å². The Balaban J connectivity index is 2.55. The van der Waals surface area contributed by atoms with E-state index in [2.05, 4.69) is 57.9 Å². The van der Waals surface area contributed by atoms with Gasteiger partial charge in [-0.15, -0.1) is 0 Å². The van der Waals surface area contributed by atoms with Crippen LogP contribution in [0.25, 0.3) is 11.3 Å². The summed E-state index contributed by atoms with van der Waals surface area (Å²) >= 11 is 0. The van der Waals surface area contributed by atoms with Gasteiger partial charge >= 0.3 is 0 Å². The lowest BCUT2D eigenvalue weighted by Crippen LogP contribution is -2.35. The maximum Gasteiger partial charge on any atom is 0.0928 e. The molecule has 0 spiro atoms. The fraction of sp³-hybridized carbons (Fsp3) is 0.526. The van der Waals surface area contributed by atoms with Gasteiger partial charge < -0.3 is 0 Å². The van der Waals surface area contributed by atoms with Crippen molar-refractivity contribution in [2.24, 2.45) is 7.05 Å². The molecule has 0 radical (unpaired) electrons. The fourth-order valence-electron chi connectivity index (χ4n) is 3.64. The molecule has 0 aliphatic carbocycles. The van der Waals surface area contributed by atoms with Gasteiger partial charge in [0.2, 0.25) is 0 Å². The van der Waals surface area contributed by atoms with E-state index in [1.165, 1.54) is 46.4 Å². The second-order valence-electron chi connectivity index (χ2n) is 6.73. The van der Waals surface area contributed by atoms with E-state index >= 15 is 0 Å². The van der Waals surface area contributed by atoms with E-state index in [0.29, 0.717) is 0 Å². The van der Waals surface area contributed by atoms with E-state index in [1.807, 2.05) is 17.9 Å². The largest absolute Gasteiger partial charge is 0.275 e. The van der Waals surface area contributed by atoms with Crippen molar-refractivity contribution < 1.29 is 0 Å². The lowest BCUT2D eigenvalue weighted by atomic mass is 9.97. The summed E-state index contributed by atoms with van der Waals surface area (Å²) in [5.74, 6) is 0. The third kappa shape index (κ3) is 3.35. The molecule has 0 aliphatic heterocycles. The second kappa shape index (κ2) is 6.82. The first-order valence-corrected chi connectivity index (χ1v) is 11.4. The van der Waals surface area contributed by atoms with Crippen LogP contribution in [0, 0.1) is 13.8 Å². The Kier molecular flexibility index (Phi) is 5.27. The van der Waals surface area contributed by atoms with Gasteiger partial charge in [0.1, 0.15) is 0 Å². The van der Waals surface area contributed by atoms with E-state index in [4.69, 9.17) is 0 Å². The molecule has 0 bridgehead atoms. The number of hydrogen-bond donors (Lipinski definition) is 0. The molecule has 0 aliphatic rings. The van der Waals surface area contributed by atoms with Crippen molar-refractivity contribution in [2.75, 3.05) is 0 Å². The average Bonchev–Trinajstić information content (AvgIpc) is 2.90. The summed E-state index contributed by atoms with van der Waals surface area (Å²) < 4.78 is 1.91. The van der Waals surface area contributed by atoms with Crippen LogP contribution >= 0.6 is 0 Å². The van der Waals surface area contributed by atoms with Gasteiger partial charge in [-0.3, -0.25) is 4.68 Å². The maximum absolute atomic E-state index is 4.67. The molecule has 2 rings (SSSR count). The fourth-order valence-corrected chi connectivity index (χ4v) is 6.98.